The summed E-state index contributed by atoms with van der Waals surface area (Å²) in [6, 6.07) is 13.3. The molecule has 0 fully saturated rings. The van der Waals surface area contributed by atoms with Gasteiger partial charge in [-0.3, -0.25) is 0 Å². The second-order valence-corrected chi connectivity index (χ2v) is 4.92. The van der Waals surface area contributed by atoms with Gasteiger partial charge in [-0.2, -0.15) is 0 Å². The summed E-state index contributed by atoms with van der Waals surface area (Å²) in [5.74, 6) is -0.219. The van der Waals surface area contributed by atoms with E-state index >= 15 is 0 Å². The third kappa shape index (κ3) is 3.31. The van der Waals surface area contributed by atoms with E-state index in [1.54, 1.807) is 6.07 Å². The first-order valence-electron chi connectivity index (χ1n) is 5.65. The second kappa shape index (κ2) is 5.98. The fourth-order valence-corrected chi connectivity index (χ4v) is 2.30. The van der Waals surface area contributed by atoms with Crippen LogP contribution in [-0.4, -0.2) is 0 Å². The minimum atomic E-state index is -0.219. The van der Waals surface area contributed by atoms with Crippen molar-refractivity contribution in [2.75, 3.05) is 5.43 Å². The fourth-order valence-electron chi connectivity index (χ4n) is 1.69. The summed E-state index contributed by atoms with van der Waals surface area (Å²) in [5.41, 5.74) is 8.64. The highest BCUT2D eigenvalue weighted by atomic mass is 79.9. The van der Waals surface area contributed by atoms with Crippen molar-refractivity contribution >= 4 is 21.6 Å². The van der Waals surface area contributed by atoms with Crippen LogP contribution in [0.4, 0.5) is 10.1 Å². The molecule has 0 aliphatic rings. The lowest BCUT2D eigenvalue weighted by Gasteiger charge is -2.10. The van der Waals surface area contributed by atoms with Crippen molar-refractivity contribution in [1.29, 1.82) is 0 Å². The summed E-state index contributed by atoms with van der Waals surface area (Å²) >= 11 is 3.21. The van der Waals surface area contributed by atoms with Crippen molar-refractivity contribution in [3.8, 4) is 0 Å². The number of anilines is 1. The van der Waals surface area contributed by atoms with Crippen molar-refractivity contribution in [2.24, 2.45) is 0 Å². The average molecular weight is 309 g/mol. The van der Waals surface area contributed by atoms with E-state index in [4.69, 9.17) is 0 Å². The van der Waals surface area contributed by atoms with Gasteiger partial charge in [-0.1, -0.05) is 24.3 Å². The first kappa shape index (κ1) is 13.1. The van der Waals surface area contributed by atoms with Crippen molar-refractivity contribution in [3.63, 3.8) is 0 Å². The van der Waals surface area contributed by atoms with Crippen molar-refractivity contribution in [3.05, 3.63) is 63.9 Å². The van der Waals surface area contributed by atoms with E-state index in [0.717, 1.165) is 11.3 Å². The molecule has 4 heteroatoms. The normalized spacial score (nSPS) is 10.4. The standard InChI is InChI=1S/C14H14BrFN2/c1-10-7-11(14(16)13(15)8-10)9-17-18-12-5-3-2-4-6-12/h2-8,17-18H,9H2,1H3. The van der Waals surface area contributed by atoms with Crippen LogP contribution in [0.1, 0.15) is 11.1 Å². The zero-order chi connectivity index (χ0) is 13.0. The van der Waals surface area contributed by atoms with Crippen molar-refractivity contribution in [2.45, 2.75) is 13.5 Å². The molecular weight excluding hydrogens is 295 g/mol. The molecule has 0 aliphatic heterocycles. The van der Waals surface area contributed by atoms with Gasteiger partial charge in [0.15, 0.2) is 0 Å². The number of hydrogen-bond acceptors (Lipinski definition) is 2. The number of halogens is 2. The summed E-state index contributed by atoms with van der Waals surface area (Å²) < 4.78 is 14.3. The Balaban J connectivity index is 1.99. The molecule has 2 nitrogen and oxygen atoms in total. The topological polar surface area (TPSA) is 24.1 Å². The highest BCUT2D eigenvalue weighted by Crippen LogP contribution is 2.21. The molecule has 2 aromatic carbocycles. The van der Waals surface area contributed by atoms with E-state index in [-0.39, 0.29) is 5.82 Å². The van der Waals surface area contributed by atoms with Gasteiger partial charge in [-0.05, 0) is 46.6 Å². The van der Waals surface area contributed by atoms with Crippen LogP contribution in [0, 0.1) is 12.7 Å². The van der Waals surface area contributed by atoms with E-state index in [2.05, 4.69) is 26.8 Å². The molecule has 0 bridgehead atoms. The Hall–Kier alpha value is -1.39. The number of rotatable bonds is 4. The van der Waals surface area contributed by atoms with E-state index in [0.29, 0.717) is 16.6 Å². The quantitative estimate of drug-likeness (QED) is 0.834. The highest BCUT2D eigenvalue weighted by molar-refractivity contribution is 9.10. The van der Waals surface area contributed by atoms with Gasteiger partial charge in [0.05, 0.1) is 4.47 Å². The Morgan fingerprint density at radius 2 is 1.89 bits per heavy atom. The largest absolute Gasteiger partial charge is 0.321 e. The average Bonchev–Trinajstić information content (AvgIpc) is 2.36. The van der Waals surface area contributed by atoms with Crippen molar-refractivity contribution in [1.82, 2.24) is 5.43 Å². The molecule has 0 spiro atoms. The Morgan fingerprint density at radius 3 is 2.61 bits per heavy atom. The summed E-state index contributed by atoms with van der Waals surface area (Å²) in [6.45, 7) is 2.36. The molecule has 2 rings (SSSR count). The van der Waals surface area contributed by atoms with E-state index in [1.807, 2.05) is 43.3 Å². The van der Waals surface area contributed by atoms with Crippen LogP contribution in [-0.2, 0) is 6.54 Å². The van der Waals surface area contributed by atoms with Crippen LogP contribution in [0.2, 0.25) is 0 Å². The lowest BCUT2D eigenvalue weighted by molar-refractivity contribution is 0.593. The third-order valence-corrected chi connectivity index (χ3v) is 3.11. The lowest BCUT2D eigenvalue weighted by atomic mass is 10.1. The number of aryl methyl sites for hydroxylation is 1. The Kier molecular flexibility index (Phi) is 4.33. The van der Waals surface area contributed by atoms with Gasteiger partial charge in [-0.15, -0.1) is 0 Å². The van der Waals surface area contributed by atoms with Crippen LogP contribution in [0.3, 0.4) is 0 Å². The molecule has 2 aromatic rings. The molecule has 0 aliphatic carbocycles. The predicted octanol–water partition coefficient (Wildman–Crippen LogP) is 4.01. The second-order valence-electron chi connectivity index (χ2n) is 4.06. The maximum Gasteiger partial charge on any atom is 0.141 e. The minimum Gasteiger partial charge on any atom is -0.321 e. The summed E-state index contributed by atoms with van der Waals surface area (Å²) in [6.07, 6.45) is 0. The maximum absolute atomic E-state index is 13.8. The molecule has 0 heterocycles. The molecular formula is C14H14BrFN2. The molecule has 0 amide bonds. The number of nitrogens with one attached hydrogen (secondary N) is 2. The van der Waals surface area contributed by atoms with Gasteiger partial charge < -0.3 is 5.43 Å². The van der Waals surface area contributed by atoms with Gasteiger partial charge in [0.2, 0.25) is 0 Å². The van der Waals surface area contributed by atoms with Gasteiger partial charge >= 0.3 is 0 Å². The Morgan fingerprint density at radius 1 is 1.17 bits per heavy atom. The zero-order valence-electron chi connectivity index (χ0n) is 10.0. The Labute approximate surface area is 114 Å². The zero-order valence-corrected chi connectivity index (χ0v) is 11.6. The predicted molar refractivity (Wildman–Crippen MR) is 75.7 cm³/mol. The van der Waals surface area contributed by atoms with Gasteiger partial charge in [0.1, 0.15) is 5.82 Å². The maximum atomic E-state index is 13.8. The van der Waals surface area contributed by atoms with Crippen LogP contribution in [0.5, 0.6) is 0 Å². The smallest absolute Gasteiger partial charge is 0.141 e. The number of benzene rings is 2. The van der Waals surface area contributed by atoms with Crippen LogP contribution in [0.15, 0.2) is 46.9 Å². The summed E-state index contributed by atoms with van der Waals surface area (Å²) in [7, 11) is 0. The van der Waals surface area contributed by atoms with Crippen molar-refractivity contribution < 1.29 is 4.39 Å². The summed E-state index contributed by atoms with van der Waals surface area (Å²) in [4.78, 5) is 0. The molecule has 2 N–H and O–H groups in total. The number of hydrogen-bond donors (Lipinski definition) is 2. The third-order valence-electron chi connectivity index (χ3n) is 2.53. The molecule has 18 heavy (non-hydrogen) atoms. The Bertz CT molecular complexity index is 529. The minimum absolute atomic E-state index is 0.219. The fraction of sp³-hybridized carbons (Fsp3) is 0.143. The lowest BCUT2D eigenvalue weighted by Crippen LogP contribution is -2.21. The van der Waals surface area contributed by atoms with Crippen LogP contribution in [0.25, 0.3) is 0 Å². The first-order chi connectivity index (χ1) is 8.66. The SMILES string of the molecule is Cc1cc(Br)c(F)c(CNNc2ccccc2)c1. The first-order valence-corrected chi connectivity index (χ1v) is 6.44. The van der Waals surface area contributed by atoms with Gasteiger partial charge in [-0.25, -0.2) is 9.82 Å². The molecule has 0 aromatic heterocycles. The van der Waals surface area contributed by atoms with Gasteiger partial charge in [0.25, 0.3) is 0 Å². The highest BCUT2D eigenvalue weighted by Gasteiger charge is 2.06. The molecule has 94 valence electrons. The van der Waals surface area contributed by atoms with E-state index in [1.165, 1.54) is 0 Å². The number of hydrazine groups is 1. The molecule has 0 unspecified atom stereocenters. The van der Waals surface area contributed by atoms with Gasteiger partial charge in [0, 0.05) is 17.8 Å². The van der Waals surface area contributed by atoms with Crippen LogP contribution >= 0.6 is 15.9 Å². The summed E-state index contributed by atoms with van der Waals surface area (Å²) in [5, 5.41) is 0. The van der Waals surface area contributed by atoms with E-state index in [9.17, 15) is 4.39 Å². The molecule has 0 saturated heterocycles. The molecule has 0 atom stereocenters. The monoisotopic (exact) mass is 308 g/mol. The number of para-hydroxylation sites is 1. The molecule has 0 radical (unpaired) electrons. The van der Waals surface area contributed by atoms with Crippen LogP contribution < -0.4 is 10.9 Å². The van der Waals surface area contributed by atoms with E-state index < -0.39 is 0 Å². The molecule has 0 saturated carbocycles.